The number of hydrogen-bond acceptors (Lipinski definition) is 1. The molecule has 2 nitrogen and oxygen atoms in total. The third-order valence-corrected chi connectivity index (χ3v) is 3.48. The number of hydrogen-bond donors (Lipinski definition) is 1. The third-order valence-electron chi connectivity index (χ3n) is 3.48. The Balaban J connectivity index is 2.45. The van der Waals surface area contributed by atoms with Crippen LogP contribution >= 0.6 is 0 Å². The summed E-state index contributed by atoms with van der Waals surface area (Å²) in [7, 11) is 2.09. The van der Waals surface area contributed by atoms with Gasteiger partial charge in [-0.3, -0.25) is 0 Å². The lowest BCUT2D eigenvalue weighted by Crippen LogP contribution is -2.00. The number of aryl methyl sites for hydroxylation is 1. The molecule has 0 spiro atoms. The fourth-order valence-corrected chi connectivity index (χ4v) is 2.66. The molecule has 17 heavy (non-hydrogen) atoms. The molecule has 0 fully saturated rings. The van der Waals surface area contributed by atoms with Crippen LogP contribution in [0.1, 0.15) is 37.7 Å². The lowest BCUT2D eigenvalue weighted by Gasteiger charge is -2.14. The summed E-state index contributed by atoms with van der Waals surface area (Å²) in [6, 6.07) is 8.51. The van der Waals surface area contributed by atoms with Crippen molar-refractivity contribution >= 4 is 10.9 Å². The van der Waals surface area contributed by atoms with Crippen LogP contribution in [0.4, 0.5) is 0 Å². The molecule has 1 heterocycles. The van der Waals surface area contributed by atoms with Crippen LogP contribution < -0.4 is 0 Å². The minimum absolute atomic E-state index is 0.272. The average molecular weight is 231 g/mol. The first kappa shape index (κ1) is 12.2. The maximum Gasteiger partial charge on any atom is 0.0480 e. The molecule has 1 aromatic carbocycles. The molecule has 1 atom stereocenters. The lowest BCUT2D eigenvalue weighted by atomic mass is 9.91. The number of fused-ring (bicyclic) bond motifs is 1. The topological polar surface area (TPSA) is 25.2 Å². The van der Waals surface area contributed by atoms with E-state index in [1.807, 2.05) is 0 Å². The average Bonchev–Trinajstić information content (AvgIpc) is 2.67. The summed E-state index contributed by atoms with van der Waals surface area (Å²) in [5.74, 6) is 0.482. The van der Waals surface area contributed by atoms with Gasteiger partial charge in [-0.05, 0) is 30.4 Å². The number of para-hydroxylation sites is 1. The summed E-state index contributed by atoms with van der Waals surface area (Å²) < 4.78 is 2.19. The molecule has 92 valence electrons. The quantitative estimate of drug-likeness (QED) is 0.837. The molecule has 0 radical (unpaired) electrons. The van der Waals surface area contributed by atoms with Crippen LogP contribution in [-0.4, -0.2) is 16.3 Å². The monoisotopic (exact) mass is 231 g/mol. The minimum atomic E-state index is 0.272. The van der Waals surface area contributed by atoms with Gasteiger partial charge in [-0.25, -0.2) is 0 Å². The van der Waals surface area contributed by atoms with Crippen LogP contribution in [0.25, 0.3) is 10.9 Å². The smallest absolute Gasteiger partial charge is 0.0480 e. The van der Waals surface area contributed by atoms with E-state index in [-0.39, 0.29) is 6.61 Å². The van der Waals surface area contributed by atoms with Gasteiger partial charge in [0.25, 0.3) is 0 Å². The molecule has 0 bridgehead atoms. The normalized spacial score (nSPS) is 13.1. The first-order chi connectivity index (χ1) is 8.27. The van der Waals surface area contributed by atoms with Crippen molar-refractivity contribution in [3.63, 3.8) is 0 Å². The first-order valence-electron chi connectivity index (χ1n) is 6.42. The van der Waals surface area contributed by atoms with Crippen molar-refractivity contribution in [1.82, 2.24) is 4.57 Å². The zero-order chi connectivity index (χ0) is 12.3. The largest absolute Gasteiger partial charge is 0.396 e. The fraction of sp³-hybridized carbons (Fsp3) is 0.467. The zero-order valence-corrected chi connectivity index (χ0v) is 10.7. The van der Waals surface area contributed by atoms with Crippen molar-refractivity contribution in [2.45, 2.75) is 32.1 Å². The highest BCUT2D eigenvalue weighted by Crippen LogP contribution is 2.32. The van der Waals surface area contributed by atoms with E-state index in [9.17, 15) is 5.11 Å². The molecule has 1 N–H and O–H groups in total. The predicted molar refractivity (Wildman–Crippen MR) is 72.3 cm³/mol. The van der Waals surface area contributed by atoms with Gasteiger partial charge >= 0.3 is 0 Å². The van der Waals surface area contributed by atoms with Gasteiger partial charge in [0.15, 0.2) is 0 Å². The van der Waals surface area contributed by atoms with Gasteiger partial charge in [0.1, 0.15) is 0 Å². The van der Waals surface area contributed by atoms with Crippen LogP contribution in [0.2, 0.25) is 0 Å². The second-order valence-electron chi connectivity index (χ2n) is 4.71. The predicted octanol–water partition coefficient (Wildman–Crippen LogP) is 3.44. The van der Waals surface area contributed by atoms with E-state index in [0.29, 0.717) is 5.92 Å². The van der Waals surface area contributed by atoms with Gasteiger partial charge in [-0.15, -0.1) is 0 Å². The Morgan fingerprint density at radius 3 is 2.71 bits per heavy atom. The Hall–Kier alpha value is -1.28. The van der Waals surface area contributed by atoms with Gasteiger partial charge in [0.05, 0.1) is 0 Å². The van der Waals surface area contributed by atoms with Crippen LogP contribution in [0.3, 0.4) is 0 Å². The molecule has 0 aliphatic carbocycles. The second kappa shape index (κ2) is 5.37. The number of benzene rings is 1. The van der Waals surface area contributed by atoms with Crippen molar-refractivity contribution in [1.29, 1.82) is 0 Å². The van der Waals surface area contributed by atoms with E-state index >= 15 is 0 Å². The molecular weight excluding hydrogens is 210 g/mol. The van der Waals surface area contributed by atoms with Gasteiger partial charge < -0.3 is 9.67 Å². The summed E-state index contributed by atoms with van der Waals surface area (Å²) >= 11 is 0. The molecule has 0 aliphatic heterocycles. The van der Waals surface area contributed by atoms with E-state index in [1.165, 1.54) is 16.5 Å². The molecule has 1 aromatic heterocycles. The Morgan fingerprint density at radius 1 is 1.24 bits per heavy atom. The molecule has 2 rings (SSSR count). The molecule has 2 aromatic rings. The zero-order valence-electron chi connectivity index (χ0n) is 10.7. The van der Waals surface area contributed by atoms with Gasteiger partial charge in [0, 0.05) is 30.8 Å². The number of rotatable bonds is 5. The number of aromatic nitrogens is 1. The summed E-state index contributed by atoms with van der Waals surface area (Å²) in [4.78, 5) is 0. The summed E-state index contributed by atoms with van der Waals surface area (Å²) in [5, 5.41) is 10.5. The Kier molecular flexibility index (Phi) is 3.85. The molecule has 0 saturated carbocycles. The summed E-state index contributed by atoms with van der Waals surface area (Å²) in [6.45, 7) is 2.48. The highest BCUT2D eigenvalue weighted by molar-refractivity contribution is 5.84. The summed E-state index contributed by atoms with van der Waals surface area (Å²) in [6.07, 6.45) is 5.39. The summed E-state index contributed by atoms with van der Waals surface area (Å²) in [5.41, 5.74) is 2.67. The van der Waals surface area contributed by atoms with E-state index in [4.69, 9.17) is 0 Å². The first-order valence-corrected chi connectivity index (χ1v) is 6.42. The maximum absolute atomic E-state index is 9.20. The van der Waals surface area contributed by atoms with Crippen molar-refractivity contribution in [2.24, 2.45) is 7.05 Å². The van der Waals surface area contributed by atoms with Gasteiger partial charge in [-0.2, -0.15) is 0 Å². The number of aliphatic hydroxyl groups excluding tert-OH is 1. The molecule has 0 aliphatic rings. The molecule has 2 heteroatoms. The van der Waals surface area contributed by atoms with Crippen LogP contribution in [0.5, 0.6) is 0 Å². The standard InChI is InChI=1S/C15H21NO/c1-3-6-12(9-10-17)14-11-16(2)15-8-5-4-7-13(14)15/h4-5,7-8,11-12,17H,3,6,9-10H2,1-2H3/t12-/m0/s1. The Morgan fingerprint density at radius 2 is 2.00 bits per heavy atom. The van der Waals surface area contributed by atoms with Crippen molar-refractivity contribution in [3.8, 4) is 0 Å². The lowest BCUT2D eigenvalue weighted by molar-refractivity contribution is 0.272. The highest BCUT2D eigenvalue weighted by Gasteiger charge is 2.15. The minimum Gasteiger partial charge on any atom is -0.396 e. The van der Waals surface area contributed by atoms with Crippen molar-refractivity contribution < 1.29 is 5.11 Å². The van der Waals surface area contributed by atoms with E-state index in [1.54, 1.807) is 0 Å². The van der Waals surface area contributed by atoms with Crippen LogP contribution in [-0.2, 0) is 7.05 Å². The van der Waals surface area contributed by atoms with Crippen molar-refractivity contribution in [2.75, 3.05) is 6.61 Å². The SMILES string of the molecule is CCC[C@@H](CCO)c1cn(C)c2ccccc12. The number of nitrogens with zero attached hydrogens (tertiary/aromatic N) is 1. The second-order valence-corrected chi connectivity index (χ2v) is 4.71. The van der Waals surface area contributed by atoms with Crippen molar-refractivity contribution in [3.05, 3.63) is 36.0 Å². The Labute approximate surface area is 103 Å². The van der Waals surface area contributed by atoms with Crippen LogP contribution in [0.15, 0.2) is 30.5 Å². The van der Waals surface area contributed by atoms with Crippen LogP contribution in [0, 0.1) is 0 Å². The van der Waals surface area contributed by atoms with Gasteiger partial charge in [-0.1, -0.05) is 31.5 Å². The van der Waals surface area contributed by atoms with E-state index in [0.717, 1.165) is 19.3 Å². The van der Waals surface area contributed by atoms with E-state index < -0.39 is 0 Å². The number of aliphatic hydroxyl groups is 1. The maximum atomic E-state index is 9.20. The fourth-order valence-electron chi connectivity index (χ4n) is 2.66. The third kappa shape index (κ3) is 2.37. The van der Waals surface area contributed by atoms with E-state index in [2.05, 4.69) is 49.0 Å². The molecule has 0 saturated heterocycles. The highest BCUT2D eigenvalue weighted by atomic mass is 16.3. The Bertz CT molecular complexity index is 481. The molecular formula is C15H21NO. The molecule has 0 unspecified atom stereocenters. The molecule has 0 amide bonds. The van der Waals surface area contributed by atoms with Gasteiger partial charge in [0.2, 0.25) is 0 Å².